The fourth-order valence-corrected chi connectivity index (χ4v) is 5.44. The van der Waals surface area contributed by atoms with E-state index < -0.39 is 5.82 Å². The summed E-state index contributed by atoms with van der Waals surface area (Å²) < 4.78 is 27.5. The summed E-state index contributed by atoms with van der Waals surface area (Å²) in [5.74, 6) is 0.907. The zero-order valence-electron chi connectivity index (χ0n) is 20.8. The molecule has 2 aromatic heterocycles. The summed E-state index contributed by atoms with van der Waals surface area (Å²) >= 11 is 0. The second kappa shape index (κ2) is 9.56. The molecular weight excluding hydrogens is 451 g/mol. The minimum atomic E-state index is -0.486. The number of carbonyl (C=O) groups is 1. The number of amides is 1. The molecule has 3 aromatic rings. The van der Waals surface area contributed by atoms with Crippen molar-refractivity contribution in [1.82, 2.24) is 29.7 Å². The van der Waals surface area contributed by atoms with Crippen LogP contribution in [0.4, 0.5) is 4.39 Å². The highest BCUT2D eigenvalue weighted by Crippen LogP contribution is 2.34. The molecule has 10 heteroatoms. The van der Waals surface area contributed by atoms with Gasteiger partial charge < -0.3 is 19.1 Å². The van der Waals surface area contributed by atoms with Gasteiger partial charge in [0.15, 0.2) is 11.6 Å². The second-order valence-electron chi connectivity index (χ2n) is 9.91. The molecule has 0 radical (unpaired) electrons. The predicted molar refractivity (Wildman–Crippen MR) is 128 cm³/mol. The molecule has 1 aromatic carbocycles. The highest BCUT2D eigenvalue weighted by Gasteiger charge is 2.32. The van der Waals surface area contributed by atoms with Gasteiger partial charge in [-0.3, -0.25) is 4.79 Å². The van der Waals surface area contributed by atoms with Gasteiger partial charge in [-0.15, -0.1) is 0 Å². The number of ether oxygens (including phenoxy) is 1. The van der Waals surface area contributed by atoms with E-state index in [1.54, 1.807) is 13.0 Å². The molecule has 5 rings (SSSR count). The van der Waals surface area contributed by atoms with Crippen LogP contribution < -0.4 is 4.74 Å². The fraction of sp³-hybridized carbons (Fsp3) is 0.600. The molecule has 188 valence electrons. The number of likely N-dealkylation sites (tertiary alicyclic amines) is 2. The van der Waals surface area contributed by atoms with Gasteiger partial charge in [0.1, 0.15) is 5.52 Å². The maximum absolute atomic E-state index is 15.2. The third kappa shape index (κ3) is 4.39. The quantitative estimate of drug-likeness (QED) is 0.543. The number of halogens is 1. The first kappa shape index (κ1) is 23.7. The van der Waals surface area contributed by atoms with Crippen molar-refractivity contribution in [1.29, 1.82) is 0 Å². The van der Waals surface area contributed by atoms with Crippen LogP contribution in [0.5, 0.6) is 5.75 Å². The number of piperidine rings is 2. The van der Waals surface area contributed by atoms with Crippen LogP contribution in [0, 0.1) is 5.82 Å². The predicted octanol–water partition coefficient (Wildman–Crippen LogP) is 3.87. The Bertz CT molecular complexity index is 1210. The van der Waals surface area contributed by atoms with E-state index >= 15 is 4.39 Å². The van der Waals surface area contributed by atoms with Gasteiger partial charge in [0.2, 0.25) is 11.8 Å². The Kier molecular flexibility index (Phi) is 6.48. The molecule has 0 atom stereocenters. The van der Waals surface area contributed by atoms with Gasteiger partial charge >= 0.3 is 0 Å². The lowest BCUT2D eigenvalue weighted by molar-refractivity contribution is -0.130. The standard InChI is InChI=1S/C25H33FN6O3/c1-15(2)22-19-5-6-20(34-4)21(26)23(19)32(28-22)25-27-24(35-29-25)17-7-11-31(12-8-17)18-9-13-30(14-10-18)16(3)33/h5-6,15,17-18H,7-14H2,1-4H3. The highest BCUT2D eigenvalue weighted by molar-refractivity contribution is 5.85. The smallest absolute Gasteiger partial charge is 0.291 e. The Morgan fingerprint density at radius 2 is 1.86 bits per heavy atom. The molecule has 0 spiro atoms. The molecule has 2 fully saturated rings. The molecule has 2 aliphatic rings. The van der Waals surface area contributed by atoms with Crippen molar-refractivity contribution in [3.05, 3.63) is 29.5 Å². The third-order valence-electron chi connectivity index (χ3n) is 7.47. The maximum Gasteiger partial charge on any atom is 0.291 e. The number of benzene rings is 1. The zero-order valence-corrected chi connectivity index (χ0v) is 20.8. The van der Waals surface area contributed by atoms with Gasteiger partial charge in [0.05, 0.1) is 12.8 Å². The van der Waals surface area contributed by atoms with Crippen molar-refractivity contribution in [3.63, 3.8) is 0 Å². The van der Waals surface area contributed by atoms with E-state index in [4.69, 9.17) is 9.26 Å². The van der Waals surface area contributed by atoms with Crippen molar-refractivity contribution >= 4 is 16.8 Å². The van der Waals surface area contributed by atoms with Crippen molar-refractivity contribution in [2.75, 3.05) is 33.3 Å². The third-order valence-corrected chi connectivity index (χ3v) is 7.47. The van der Waals surface area contributed by atoms with E-state index in [9.17, 15) is 4.79 Å². The molecule has 0 bridgehead atoms. The summed E-state index contributed by atoms with van der Waals surface area (Å²) in [5.41, 5.74) is 1.07. The van der Waals surface area contributed by atoms with Crippen molar-refractivity contribution in [2.45, 2.75) is 64.3 Å². The number of nitrogens with zero attached hydrogens (tertiary/aromatic N) is 6. The monoisotopic (exact) mass is 484 g/mol. The van der Waals surface area contributed by atoms with Gasteiger partial charge in [0.25, 0.3) is 5.95 Å². The average Bonchev–Trinajstić information content (AvgIpc) is 3.50. The molecule has 2 saturated heterocycles. The minimum absolute atomic E-state index is 0.101. The Hall–Kier alpha value is -3.01. The number of fused-ring (bicyclic) bond motifs is 1. The first-order valence-electron chi connectivity index (χ1n) is 12.5. The molecule has 9 nitrogen and oxygen atoms in total. The number of aromatic nitrogens is 4. The largest absolute Gasteiger partial charge is 0.494 e. The van der Waals surface area contributed by atoms with Crippen LogP contribution in [0.2, 0.25) is 0 Å². The molecule has 4 heterocycles. The maximum atomic E-state index is 15.2. The fourth-order valence-electron chi connectivity index (χ4n) is 5.44. The number of hydrogen-bond acceptors (Lipinski definition) is 7. The first-order chi connectivity index (χ1) is 16.9. The summed E-state index contributed by atoms with van der Waals surface area (Å²) in [4.78, 5) is 20.7. The highest BCUT2D eigenvalue weighted by atomic mass is 19.1. The molecule has 0 unspecified atom stereocenters. The van der Waals surface area contributed by atoms with Gasteiger partial charge in [0, 0.05) is 37.4 Å². The normalized spacial score (nSPS) is 18.6. The SMILES string of the molecule is COc1ccc2c(C(C)C)nn(-c3noc(C4CCN(C5CCN(C(C)=O)CC5)CC4)n3)c2c1F. The van der Waals surface area contributed by atoms with E-state index in [1.165, 1.54) is 11.8 Å². The molecule has 1 amide bonds. The van der Waals surface area contributed by atoms with Crippen LogP contribution >= 0.6 is 0 Å². The van der Waals surface area contributed by atoms with E-state index in [1.807, 2.05) is 24.8 Å². The summed E-state index contributed by atoms with van der Waals surface area (Å²) in [6.07, 6.45) is 3.89. The van der Waals surface area contributed by atoms with E-state index in [0.29, 0.717) is 22.8 Å². The van der Waals surface area contributed by atoms with Crippen LogP contribution in [0.15, 0.2) is 16.7 Å². The van der Waals surface area contributed by atoms with Crippen LogP contribution in [0.1, 0.15) is 69.9 Å². The first-order valence-corrected chi connectivity index (χ1v) is 12.5. The topological polar surface area (TPSA) is 89.5 Å². The van der Waals surface area contributed by atoms with Crippen LogP contribution in [-0.2, 0) is 4.79 Å². The Balaban J connectivity index is 1.32. The van der Waals surface area contributed by atoms with Gasteiger partial charge in [-0.2, -0.15) is 14.8 Å². The molecular formula is C25H33FN6O3. The average molecular weight is 485 g/mol. The lowest BCUT2D eigenvalue weighted by Crippen LogP contribution is -2.48. The molecule has 2 aliphatic heterocycles. The van der Waals surface area contributed by atoms with Gasteiger partial charge in [-0.1, -0.05) is 13.8 Å². The lowest BCUT2D eigenvalue weighted by atomic mass is 9.93. The number of methoxy groups -OCH3 is 1. The van der Waals surface area contributed by atoms with E-state index in [0.717, 1.165) is 57.6 Å². The van der Waals surface area contributed by atoms with Gasteiger partial charge in [-0.05, 0) is 62.0 Å². The Morgan fingerprint density at radius 3 is 2.49 bits per heavy atom. The summed E-state index contributed by atoms with van der Waals surface area (Å²) in [5, 5.41) is 9.53. The zero-order chi connectivity index (χ0) is 24.7. The number of hydrogen-bond donors (Lipinski definition) is 0. The van der Waals surface area contributed by atoms with Crippen LogP contribution in [0.25, 0.3) is 16.9 Å². The lowest BCUT2D eigenvalue weighted by Gasteiger charge is -2.41. The molecule has 0 N–H and O–H groups in total. The summed E-state index contributed by atoms with van der Waals surface area (Å²) in [7, 11) is 1.44. The molecule has 0 aliphatic carbocycles. The van der Waals surface area contributed by atoms with Crippen molar-refractivity contribution in [3.8, 4) is 11.7 Å². The Labute approximate surface area is 204 Å². The van der Waals surface area contributed by atoms with Gasteiger partial charge in [-0.25, -0.2) is 4.39 Å². The molecule has 35 heavy (non-hydrogen) atoms. The van der Waals surface area contributed by atoms with Crippen molar-refractivity contribution < 1.29 is 18.4 Å². The second-order valence-corrected chi connectivity index (χ2v) is 9.91. The van der Waals surface area contributed by atoms with Crippen LogP contribution in [0.3, 0.4) is 0 Å². The number of carbonyl (C=O) groups excluding carboxylic acids is 1. The summed E-state index contributed by atoms with van der Waals surface area (Å²) in [6, 6.07) is 3.97. The van der Waals surface area contributed by atoms with Crippen molar-refractivity contribution in [2.24, 2.45) is 0 Å². The van der Waals surface area contributed by atoms with E-state index in [-0.39, 0.29) is 29.4 Å². The Morgan fingerprint density at radius 1 is 1.14 bits per heavy atom. The molecule has 0 saturated carbocycles. The minimum Gasteiger partial charge on any atom is -0.494 e. The number of rotatable bonds is 5. The van der Waals surface area contributed by atoms with Crippen LogP contribution in [-0.4, -0.2) is 75.0 Å². The van der Waals surface area contributed by atoms with E-state index in [2.05, 4.69) is 20.1 Å². The summed E-state index contributed by atoms with van der Waals surface area (Å²) in [6.45, 7) is 9.28.